The van der Waals surface area contributed by atoms with Crippen molar-refractivity contribution in [3.63, 3.8) is 0 Å². The Labute approximate surface area is 147 Å². The smallest absolute Gasteiger partial charge is 0.232 e. The maximum absolute atomic E-state index is 11.9. The predicted octanol–water partition coefficient (Wildman–Crippen LogP) is 3.10. The van der Waals surface area contributed by atoms with Crippen LogP contribution in [0.15, 0.2) is 23.6 Å². The number of aromatic nitrogens is 1. The summed E-state index contributed by atoms with van der Waals surface area (Å²) in [5.74, 6) is 0. The Morgan fingerprint density at radius 1 is 1.38 bits per heavy atom. The van der Waals surface area contributed by atoms with Gasteiger partial charge in [-0.05, 0) is 37.0 Å². The predicted molar refractivity (Wildman–Crippen MR) is 98.3 cm³/mol. The molecule has 0 unspecified atom stereocenters. The number of rotatable bonds is 6. The molecule has 0 amide bonds. The van der Waals surface area contributed by atoms with E-state index in [1.54, 1.807) is 18.4 Å². The minimum Gasteiger partial charge on any atom is -0.385 e. The Bertz CT molecular complexity index is 815. The van der Waals surface area contributed by atoms with Crippen molar-refractivity contribution < 1.29 is 13.2 Å². The van der Waals surface area contributed by atoms with Crippen LogP contribution in [0.2, 0.25) is 0 Å². The molecule has 2 aromatic rings. The lowest BCUT2D eigenvalue weighted by Gasteiger charge is -2.29. The number of anilines is 1. The molecule has 2 heterocycles. The molecule has 0 atom stereocenters. The van der Waals surface area contributed by atoms with Crippen LogP contribution in [-0.4, -0.2) is 39.9 Å². The molecular formula is C17H22N2O3S2. The first kappa shape index (κ1) is 17.4. The van der Waals surface area contributed by atoms with Gasteiger partial charge in [0.2, 0.25) is 10.0 Å². The summed E-state index contributed by atoms with van der Waals surface area (Å²) in [6, 6.07) is 5.96. The number of hydrogen-bond acceptors (Lipinski definition) is 5. The van der Waals surface area contributed by atoms with E-state index in [1.165, 1.54) is 10.6 Å². The van der Waals surface area contributed by atoms with Gasteiger partial charge in [0.05, 0.1) is 22.6 Å². The Balaban J connectivity index is 1.84. The third kappa shape index (κ3) is 3.79. The third-order valence-electron chi connectivity index (χ3n) is 4.14. The standard InChI is InChI=1S/C17H22N2O3S2/c1-22-10-4-6-17-18-15(12-23-17)13-7-8-16-14(11-13)5-3-9-19(16)24(2,20)21/h7-8,11-12H,3-6,9-10H2,1-2H3. The summed E-state index contributed by atoms with van der Waals surface area (Å²) in [5, 5.41) is 3.18. The van der Waals surface area contributed by atoms with Crippen LogP contribution in [-0.2, 0) is 27.6 Å². The normalized spacial score (nSPS) is 14.7. The van der Waals surface area contributed by atoms with Crippen LogP contribution in [0.3, 0.4) is 0 Å². The highest BCUT2D eigenvalue weighted by Crippen LogP contribution is 2.33. The van der Waals surface area contributed by atoms with Crippen LogP contribution in [0.1, 0.15) is 23.4 Å². The van der Waals surface area contributed by atoms with E-state index in [2.05, 4.69) is 11.4 Å². The fourth-order valence-electron chi connectivity index (χ4n) is 2.99. The highest BCUT2D eigenvalue weighted by atomic mass is 32.2. The van der Waals surface area contributed by atoms with Gasteiger partial charge in [-0.3, -0.25) is 4.31 Å². The fraction of sp³-hybridized carbons (Fsp3) is 0.471. The minimum atomic E-state index is -3.22. The first-order chi connectivity index (χ1) is 11.5. The zero-order chi connectivity index (χ0) is 17.2. The minimum absolute atomic E-state index is 0.561. The van der Waals surface area contributed by atoms with E-state index >= 15 is 0 Å². The van der Waals surface area contributed by atoms with Crippen molar-refractivity contribution in [2.45, 2.75) is 25.7 Å². The van der Waals surface area contributed by atoms with E-state index in [0.717, 1.165) is 59.8 Å². The summed E-state index contributed by atoms with van der Waals surface area (Å²) in [5.41, 5.74) is 3.91. The van der Waals surface area contributed by atoms with Gasteiger partial charge in [0.25, 0.3) is 0 Å². The molecule has 0 N–H and O–H groups in total. The SMILES string of the molecule is COCCCc1nc(-c2ccc3c(c2)CCCN3S(C)(=O)=O)cs1. The lowest BCUT2D eigenvalue weighted by molar-refractivity contribution is 0.195. The second-order valence-corrected chi connectivity index (χ2v) is 8.85. The van der Waals surface area contributed by atoms with Crippen molar-refractivity contribution in [1.29, 1.82) is 0 Å². The molecule has 0 fully saturated rings. The van der Waals surface area contributed by atoms with Crippen LogP contribution < -0.4 is 4.31 Å². The van der Waals surface area contributed by atoms with Gasteiger partial charge in [-0.15, -0.1) is 11.3 Å². The highest BCUT2D eigenvalue weighted by Gasteiger charge is 2.24. The zero-order valence-corrected chi connectivity index (χ0v) is 15.6. The average Bonchev–Trinajstić information content (AvgIpc) is 3.02. The monoisotopic (exact) mass is 366 g/mol. The lowest BCUT2D eigenvalue weighted by atomic mass is 10.00. The number of hydrogen-bond donors (Lipinski definition) is 0. The number of ether oxygens (including phenoxy) is 1. The number of thiazole rings is 1. The van der Waals surface area contributed by atoms with Crippen LogP contribution >= 0.6 is 11.3 Å². The van der Waals surface area contributed by atoms with E-state index in [0.29, 0.717) is 6.54 Å². The Morgan fingerprint density at radius 2 is 2.21 bits per heavy atom. The van der Waals surface area contributed by atoms with E-state index in [1.807, 2.05) is 12.1 Å². The van der Waals surface area contributed by atoms with E-state index in [-0.39, 0.29) is 0 Å². The quantitative estimate of drug-likeness (QED) is 0.737. The highest BCUT2D eigenvalue weighted by molar-refractivity contribution is 7.92. The molecule has 5 nitrogen and oxygen atoms in total. The van der Waals surface area contributed by atoms with Crippen LogP contribution in [0.5, 0.6) is 0 Å². The number of benzene rings is 1. The number of sulfonamides is 1. The van der Waals surface area contributed by atoms with E-state index < -0.39 is 10.0 Å². The molecule has 1 aromatic heterocycles. The van der Waals surface area contributed by atoms with Gasteiger partial charge in [-0.2, -0.15) is 0 Å². The second-order valence-electron chi connectivity index (χ2n) is 6.01. The van der Waals surface area contributed by atoms with Crippen molar-refractivity contribution >= 4 is 27.0 Å². The lowest BCUT2D eigenvalue weighted by Crippen LogP contribution is -2.34. The Morgan fingerprint density at radius 3 is 2.96 bits per heavy atom. The number of fused-ring (bicyclic) bond motifs is 1. The zero-order valence-electron chi connectivity index (χ0n) is 14.0. The second kappa shape index (κ2) is 7.21. The summed E-state index contributed by atoms with van der Waals surface area (Å²) >= 11 is 1.66. The molecule has 0 spiro atoms. The largest absolute Gasteiger partial charge is 0.385 e. The van der Waals surface area contributed by atoms with Crippen molar-refractivity contribution in [2.75, 3.05) is 30.8 Å². The maximum atomic E-state index is 11.9. The molecule has 0 saturated heterocycles. The molecular weight excluding hydrogens is 344 g/mol. The van der Waals surface area contributed by atoms with Crippen LogP contribution in [0, 0.1) is 0 Å². The fourth-order valence-corrected chi connectivity index (χ4v) is 4.84. The van der Waals surface area contributed by atoms with E-state index in [4.69, 9.17) is 9.72 Å². The van der Waals surface area contributed by atoms with E-state index in [9.17, 15) is 8.42 Å². The van der Waals surface area contributed by atoms with Crippen molar-refractivity contribution in [2.24, 2.45) is 0 Å². The number of nitrogens with zero attached hydrogens (tertiary/aromatic N) is 2. The summed E-state index contributed by atoms with van der Waals surface area (Å²) in [7, 11) is -1.51. The molecule has 7 heteroatoms. The molecule has 0 aliphatic carbocycles. The third-order valence-corrected chi connectivity index (χ3v) is 6.23. The molecule has 1 aromatic carbocycles. The van der Waals surface area contributed by atoms with Crippen molar-refractivity contribution in [3.05, 3.63) is 34.2 Å². The maximum Gasteiger partial charge on any atom is 0.232 e. The summed E-state index contributed by atoms with van der Waals surface area (Å²) in [6.07, 6.45) is 4.91. The van der Waals surface area contributed by atoms with Crippen molar-refractivity contribution in [1.82, 2.24) is 4.98 Å². The Hall–Kier alpha value is -1.44. The van der Waals surface area contributed by atoms with Gasteiger partial charge in [-0.1, -0.05) is 6.07 Å². The Kier molecular flexibility index (Phi) is 5.22. The summed E-state index contributed by atoms with van der Waals surface area (Å²) in [4.78, 5) is 4.70. The molecule has 3 rings (SSSR count). The molecule has 0 saturated carbocycles. The first-order valence-corrected chi connectivity index (χ1v) is 10.8. The number of methoxy groups -OCH3 is 1. The van der Waals surface area contributed by atoms with Gasteiger partial charge in [0, 0.05) is 37.6 Å². The molecule has 1 aliphatic heterocycles. The average molecular weight is 367 g/mol. The van der Waals surface area contributed by atoms with Crippen molar-refractivity contribution in [3.8, 4) is 11.3 Å². The molecule has 1 aliphatic rings. The van der Waals surface area contributed by atoms with Gasteiger partial charge in [0.1, 0.15) is 0 Å². The summed E-state index contributed by atoms with van der Waals surface area (Å²) < 4.78 is 30.5. The van der Waals surface area contributed by atoms with Gasteiger partial charge in [-0.25, -0.2) is 13.4 Å². The molecule has 130 valence electrons. The van der Waals surface area contributed by atoms with Crippen LogP contribution in [0.25, 0.3) is 11.3 Å². The van der Waals surface area contributed by atoms with Crippen LogP contribution in [0.4, 0.5) is 5.69 Å². The molecule has 0 radical (unpaired) electrons. The topological polar surface area (TPSA) is 59.5 Å². The summed E-state index contributed by atoms with van der Waals surface area (Å²) in [6.45, 7) is 1.31. The van der Waals surface area contributed by atoms with Gasteiger partial charge in [0.15, 0.2) is 0 Å². The van der Waals surface area contributed by atoms with Gasteiger partial charge < -0.3 is 4.74 Å². The number of aryl methyl sites for hydroxylation is 2. The molecule has 0 bridgehead atoms. The first-order valence-electron chi connectivity index (χ1n) is 8.03. The molecule has 24 heavy (non-hydrogen) atoms. The van der Waals surface area contributed by atoms with Gasteiger partial charge >= 0.3 is 0 Å².